The number of nitrogens with zero attached hydrogens (tertiary/aromatic N) is 5. The predicted molar refractivity (Wildman–Crippen MR) is 93.0 cm³/mol. The van der Waals surface area contributed by atoms with Crippen LogP contribution in [0, 0.1) is 0 Å². The number of hydrogen-bond donors (Lipinski definition) is 1. The highest BCUT2D eigenvalue weighted by molar-refractivity contribution is 5.92. The van der Waals surface area contributed by atoms with Crippen molar-refractivity contribution in [2.24, 2.45) is 0 Å². The Morgan fingerprint density at radius 2 is 2.00 bits per heavy atom. The van der Waals surface area contributed by atoms with Crippen molar-refractivity contribution in [2.75, 3.05) is 13.6 Å². The van der Waals surface area contributed by atoms with Crippen LogP contribution >= 0.6 is 0 Å². The Kier molecular flexibility index (Phi) is 4.40. The van der Waals surface area contributed by atoms with Gasteiger partial charge in [-0.05, 0) is 37.7 Å². The van der Waals surface area contributed by atoms with E-state index in [1.54, 1.807) is 30.6 Å². The lowest BCUT2D eigenvalue weighted by Gasteiger charge is -2.14. The van der Waals surface area contributed by atoms with E-state index in [9.17, 15) is 4.79 Å². The SMILES string of the molecule is CN1CC(NC(=O)c2ccccn2)CC1c1nc(-c2ccccn2)no1. The van der Waals surface area contributed by atoms with Gasteiger partial charge in [-0.25, -0.2) is 0 Å². The average Bonchev–Trinajstić information content (AvgIpc) is 3.30. The fourth-order valence-corrected chi connectivity index (χ4v) is 3.12. The lowest BCUT2D eigenvalue weighted by atomic mass is 10.1. The molecule has 2 unspecified atom stereocenters. The number of likely N-dealkylation sites (N-methyl/N-ethyl adjacent to an activating group) is 1. The molecule has 1 saturated heterocycles. The van der Waals surface area contributed by atoms with Crippen LogP contribution in [-0.2, 0) is 0 Å². The minimum Gasteiger partial charge on any atom is -0.347 e. The maximum atomic E-state index is 12.3. The summed E-state index contributed by atoms with van der Waals surface area (Å²) in [4.78, 5) is 27.2. The number of hydrogen-bond acceptors (Lipinski definition) is 7. The standard InChI is InChI=1S/C18H18N6O2/c1-24-11-12(21-17(25)14-7-3-5-9-20-14)10-15(24)18-22-16(23-26-18)13-6-2-4-8-19-13/h2-9,12,15H,10-11H2,1H3,(H,21,25). The first-order chi connectivity index (χ1) is 12.7. The molecular formula is C18H18N6O2. The lowest BCUT2D eigenvalue weighted by Crippen LogP contribution is -2.36. The first-order valence-corrected chi connectivity index (χ1v) is 8.38. The fourth-order valence-electron chi connectivity index (χ4n) is 3.12. The molecule has 0 saturated carbocycles. The van der Waals surface area contributed by atoms with Gasteiger partial charge in [0, 0.05) is 25.0 Å². The second kappa shape index (κ2) is 7.01. The number of amides is 1. The van der Waals surface area contributed by atoms with Gasteiger partial charge in [0.15, 0.2) is 0 Å². The average molecular weight is 350 g/mol. The zero-order chi connectivity index (χ0) is 17.9. The Bertz CT molecular complexity index is 883. The summed E-state index contributed by atoms with van der Waals surface area (Å²) in [6.07, 6.45) is 3.99. The summed E-state index contributed by atoms with van der Waals surface area (Å²) in [5, 5.41) is 7.04. The second-order valence-electron chi connectivity index (χ2n) is 6.25. The monoisotopic (exact) mass is 350 g/mol. The molecule has 0 aliphatic carbocycles. The smallest absolute Gasteiger partial charge is 0.270 e. The van der Waals surface area contributed by atoms with Gasteiger partial charge >= 0.3 is 0 Å². The number of likely N-dealkylation sites (tertiary alicyclic amines) is 1. The van der Waals surface area contributed by atoms with Gasteiger partial charge in [0.25, 0.3) is 5.91 Å². The van der Waals surface area contributed by atoms with E-state index in [0.29, 0.717) is 36.1 Å². The number of nitrogens with one attached hydrogen (secondary N) is 1. The number of aromatic nitrogens is 4. The number of carbonyl (C=O) groups excluding carboxylic acids is 1. The molecule has 26 heavy (non-hydrogen) atoms. The molecule has 8 nitrogen and oxygen atoms in total. The maximum absolute atomic E-state index is 12.3. The van der Waals surface area contributed by atoms with Gasteiger partial charge in [-0.3, -0.25) is 19.7 Å². The third-order valence-corrected chi connectivity index (χ3v) is 4.40. The molecule has 1 fully saturated rings. The van der Waals surface area contributed by atoms with Crippen LogP contribution in [-0.4, -0.2) is 50.5 Å². The van der Waals surface area contributed by atoms with Gasteiger partial charge < -0.3 is 9.84 Å². The summed E-state index contributed by atoms with van der Waals surface area (Å²) in [6.45, 7) is 0.699. The van der Waals surface area contributed by atoms with E-state index in [4.69, 9.17) is 4.52 Å². The van der Waals surface area contributed by atoms with Crippen molar-refractivity contribution in [3.05, 3.63) is 60.4 Å². The zero-order valence-corrected chi connectivity index (χ0v) is 14.2. The highest BCUT2D eigenvalue weighted by Gasteiger charge is 2.35. The van der Waals surface area contributed by atoms with Crippen molar-refractivity contribution in [3.63, 3.8) is 0 Å². The molecule has 0 bridgehead atoms. The predicted octanol–water partition coefficient (Wildman–Crippen LogP) is 1.70. The highest BCUT2D eigenvalue weighted by Crippen LogP contribution is 2.30. The zero-order valence-electron chi connectivity index (χ0n) is 14.2. The molecule has 3 aromatic rings. The largest absolute Gasteiger partial charge is 0.347 e. The molecule has 4 rings (SSSR count). The second-order valence-corrected chi connectivity index (χ2v) is 6.25. The summed E-state index contributed by atoms with van der Waals surface area (Å²) < 4.78 is 5.44. The van der Waals surface area contributed by atoms with Crippen molar-refractivity contribution in [2.45, 2.75) is 18.5 Å². The van der Waals surface area contributed by atoms with Crippen LogP contribution in [0.2, 0.25) is 0 Å². The van der Waals surface area contributed by atoms with Crippen molar-refractivity contribution in [1.82, 2.24) is 30.3 Å². The van der Waals surface area contributed by atoms with Crippen molar-refractivity contribution < 1.29 is 9.32 Å². The number of rotatable bonds is 4. The van der Waals surface area contributed by atoms with Crippen LogP contribution < -0.4 is 5.32 Å². The van der Waals surface area contributed by atoms with E-state index in [0.717, 1.165) is 0 Å². The summed E-state index contributed by atoms with van der Waals surface area (Å²) in [5.41, 5.74) is 1.08. The van der Waals surface area contributed by atoms with Crippen molar-refractivity contribution in [3.8, 4) is 11.5 Å². The van der Waals surface area contributed by atoms with Crippen LogP contribution in [0.15, 0.2) is 53.3 Å². The Hall–Kier alpha value is -3.13. The van der Waals surface area contributed by atoms with Gasteiger partial charge in [0.05, 0.1) is 6.04 Å². The van der Waals surface area contributed by atoms with E-state index in [1.807, 2.05) is 25.2 Å². The molecule has 1 aliphatic heterocycles. The molecule has 4 heterocycles. The van der Waals surface area contributed by atoms with E-state index in [2.05, 4.69) is 30.3 Å². The molecule has 0 aromatic carbocycles. The Labute approximate surface area is 150 Å². The minimum atomic E-state index is -0.177. The van der Waals surface area contributed by atoms with E-state index >= 15 is 0 Å². The first kappa shape index (κ1) is 16.3. The van der Waals surface area contributed by atoms with Crippen molar-refractivity contribution >= 4 is 5.91 Å². The van der Waals surface area contributed by atoms with Crippen LogP contribution in [0.1, 0.15) is 28.8 Å². The van der Waals surface area contributed by atoms with Crippen LogP contribution in [0.3, 0.4) is 0 Å². The minimum absolute atomic E-state index is 0.00953. The molecule has 1 amide bonds. The Balaban J connectivity index is 1.44. The molecule has 3 aromatic heterocycles. The Morgan fingerprint density at radius 1 is 1.19 bits per heavy atom. The molecule has 0 radical (unpaired) electrons. The molecular weight excluding hydrogens is 332 g/mol. The summed E-state index contributed by atoms with van der Waals surface area (Å²) in [6, 6.07) is 10.8. The number of pyridine rings is 2. The molecule has 132 valence electrons. The molecule has 8 heteroatoms. The summed E-state index contributed by atoms with van der Waals surface area (Å²) in [5.74, 6) is 0.821. The topological polar surface area (TPSA) is 97.0 Å². The van der Waals surface area contributed by atoms with Gasteiger partial charge in [-0.15, -0.1) is 0 Å². The van der Waals surface area contributed by atoms with E-state index in [-0.39, 0.29) is 18.0 Å². The first-order valence-electron chi connectivity index (χ1n) is 8.38. The van der Waals surface area contributed by atoms with Gasteiger partial charge in [0.1, 0.15) is 11.4 Å². The molecule has 1 N–H and O–H groups in total. The van der Waals surface area contributed by atoms with E-state index < -0.39 is 0 Å². The quantitative estimate of drug-likeness (QED) is 0.765. The maximum Gasteiger partial charge on any atom is 0.270 e. The summed E-state index contributed by atoms with van der Waals surface area (Å²) in [7, 11) is 1.97. The highest BCUT2D eigenvalue weighted by atomic mass is 16.5. The molecule has 2 atom stereocenters. The molecule has 1 aliphatic rings. The van der Waals surface area contributed by atoms with Gasteiger partial charge in [-0.2, -0.15) is 4.98 Å². The van der Waals surface area contributed by atoms with E-state index in [1.165, 1.54) is 0 Å². The lowest BCUT2D eigenvalue weighted by molar-refractivity contribution is 0.0933. The van der Waals surface area contributed by atoms with Gasteiger partial charge in [-0.1, -0.05) is 17.3 Å². The van der Waals surface area contributed by atoms with Crippen LogP contribution in [0.25, 0.3) is 11.5 Å². The van der Waals surface area contributed by atoms with Gasteiger partial charge in [0.2, 0.25) is 11.7 Å². The third-order valence-electron chi connectivity index (χ3n) is 4.40. The Morgan fingerprint density at radius 3 is 2.73 bits per heavy atom. The summed E-state index contributed by atoms with van der Waals surface area (Å²) >= 11 is 0. The van der Waals surface area contributed by atoms with Crippen LogP contribution in [0.4, 0.5) is 0 Å². The third kappa shape index (κ3) is 3.31. The number of carbonyl (C=O) groups is 1. The fraction of sp³-hybridized carbons (Fsp3) is 0.278. The normalized spacial score (nSPS) is 20.2. The van der Waals surface area contributed by atoms with Crippen molar-refractivity contribution in [1.29, 1.82) is 0 Å². The molecule has 0 spiro atoms. The van der Waals surface area contributed by atoms with Crippen LogP contribution in [0.5, 0.6) is 0 Å².